The summed E-state index contributed by atoms with van der Waals surface area (Å²) >= 11 is 0. The number of phosphoric acid groups is 1. The van der Waals surface area contributed by atoms with Gasteiger partial charge in [-0.15, -0.1) is 0 Å². The van der Waals surface area contributed by atoms with Gasteiger partial charge in [-0.05, 0) is 32.1 Å². The second-order valence-corrected chi connectivity index (χ2v) is 18.1. The van der Waals surface area contributed by atoms with Crippen LogP contribution in [0.5, 0.6) is 0 Å². The van der Waals surface area contributed by atoms with Gasteiger partial charge in [-0.3, -0.25) is 18.6 Å². The maximum atomic E-state index is 12.8. The maximum Gasteiger partial charge on any atom is 0.472 e. The molecule has 13 nitrogen and oxygen atoms in total. The minimum atomic E-state index is -5.12. The first-order valence-corrected chi connectivity index (χ1v) is 25.3. The van der Waals surface area contributed by atoms with Crippen molar-refractivity contribution in [1.29, 1.82) is 0 Å². The van der Waals surface area contributed by atoms with Gasteiger partial charge in [0.05, 0.1) is 6.61 Å². The molecule has 6 N–H and O–H groups in total. The molecule has 0 amide bonds. The summed E-state index contributed by atoms with van der Waals surface area (Å²) in [5.74, 6) is -1.12. The number of aliphatic hydroxyl groups is 5. The summed E-state index contributed by atoms with van der Waals surface area (Å²) in [5, 5.41) is 50.1. The van der Waals surface area contributed by atoms with Gasteiger partial charge in [0, 0.05) is 12.8 Å². The molecule has 0 aliphatic heterocycles. The molecular weight excluding hydrogens is 803 g/mol. The molecule has 0 spiro atoms. The zero-order valence-corrected chi connectivity index (χ0v) is 38.6. The molecule has 1 aliphatic rings. The molecule has 1 saturated carbocycles. The lowest BCUT2D eigenvalue weighted by molar-refractivity contribution is -0.220. The highest BCUT2D eigenvalue weighted by Gasteiger charge is 2.51. The molecule has 1 rings (SSSR count). The van der Waals surface area contributed by atoms with Crippen LogP contribution in [0, 0.1) is 0 Å². The molecule has 1 aliphatic carbocycles. The average Bonchev–Trinajstić information content (AvgIpc) is 3.24. The van der Waals surface area contributed by atoms with Gasteiger partial charge in [0.15, 0.2) is 6.10 Å². The monoisotopic (exact) mass is 889 g/mol. The van der Waals surface area contributed by atoms with Crippen molar-refractivity contribution < 1.29 is 63.1 Å². The average molecular weight is 889 g/mol. The van der Waals surface area contributed by atoms with Gasteiger partial charge >= 0.3 is 19.8 Å². The van der Waals surface area contributed by atoms with Crippen molar-refractivity contribution in [1.82, 2.24) is 0 Å². The topological polar surface area (TPSA) is 210 Å². The number of hydrogen-bond acceptors (Lipinski definition) is 12. The van der Waals surface area contributed by atoms with Gasteiger partial charge in [0.2, 0.25) is 0 Å². The third kappa shape index (κ3) is 30.0. The Kier molecular flexibility index (Phi) is 35.0. The van der Waals surface area contributed by atoms with Crippen molar-refractivity contribution in [2.24, 2.45) is 0 Å². The number of unbranched alkanes of at least 4 members (excludes halogenated alkanes) is 23. The van der Waals surface area contributed by atoms with E-state index in [9.17, 15) is 44.6 Å². The van der Waals surface area contributed by atoms with Crippen LogP contribution in [0.25, 0.3) is 0 Å². The molecule has 1 fully saturated rings. The summed E-state index contributed by atoms with van der Waals surface area (Å²) < 4.78 is 33.5. The Labute approximate surface area is 368 Å². The zero-order valence-electron chi connectivity index (χ0n) is 37.7. The van der Waals surface area contributed by atoms with Crippen LogP contribution in [-0.4, -0.2) is 98.3 Å². The molecule has 14 heteroatoms. The number of phosphoric ester groups is 1. The van der Waals surface area contributed by atoms with Gasteiger partial charge in [0.1, 0.15) is 43.2 Å². The van der Waals surface area contributed by atoms with Crippen LogP contribution in [0.3, 0.4) is 0 Å². The fourth-order valence-electron chi connectivity index (χ4n) is 7.23. The molecular formula is C47H85O13P. The first-order valence-electron chi connectivity index (χ1n) is 23.8. The van der Waals surface area contributed by atoms with Crippen molar-refractivity contribution in [3.63, 3.8) is 0 Å². The molecule has 61 heavy (non-hydrogen) atoms. The third-order valence-electron chi connectivity index (χ3n) is 11.1. The highest BCUT2D eigenvalue weighted by atomic mass is 31.2. The highest BCUT2D eigenvalue weighted by molar-refractivity contribution is 7.47. The number of allylic oxidation sites excluding steroid dienone is 6. The van der Waals surface area contributed by atoms with E-state index >= 15 is 0 Å². The standard InChI is InChI=1S/C47H85O13P/c1-3-5-7-9-11-13-15-17-18-19-20-21-22-24-25-27-29-31-33-35-40(48)57-37-39(38-58-61(55,56)60-47-45(53)43(51)42(50)44(52)46(47)54)59-41(49)36-34-32-30-28-26-23-16-14-12-10-8-6-4-2/h6,8,10,12,14,16,39,42-47,50-54H,3-5,7,9,11,13,15,17-38H2,1-2H3,(H,55,56)/b8-6+,12-10+,16-14+/t39?,42?,43-,44?,45?,46?,47?/m0/s1. The molecule has 7 unspecified atom stereocenters. The summed E-state index contributed by atoms with van der Waals surface area (Å²) in [7, 11) is -5.12. The molecule has 0 aromatic heterocycles. The van der Waals surface area contributed by atoms with E-state index in [1.165, 1.54) is 96.3 Å². The van der Waals surface area contributed by atoms with Crippen LogP contribution in [0.4, 0.5) is 0 Å². The Morgan fingerprint density at radius 3 is 1.41 bits per heavy atom. The summed E-state index contributed by atoms with van der Waals surface area (Å²) in [4.78, 5) is 35.7. The van der Waals surface area contributed by atoms with E-state index in [2.05, 4.69) is 26.0 Å². The molecule has 0 heterocycles. The first-order chi connectivity index (χ1) is 29.4. The van der Waals surface area contributed by atoms with E-state index in [1.807, 2.05) is 24.3 Å². The Morgan fingerprint density at radius 1 is 0.525 bits per heavy atom. The fraction of sp³-hybridized carbons (Fsp3) is 0.830. The normalized spacial score (nSPS) is 22.3. The van der Waals surface area contributed by atoms with Gasteiger partial charge < -0.3 is 39.9 Å². The molecule has 356 valence electrons. The van der Waals surface area contributed by atoms with Crippen LogP contribution in [0.2, 0.25) is 0 Å². The van der Waals surface area contributed by atoms with Gasteiger partial charge in [-0.1, -0.05) is 185 Å². The minimum absolute atomic E-state index is 0.0750. The van der Waals surface area contributed by atoms with Crippen LogP contribution >= 0.6 is 7.82 Å². The quantitative estimate of drug-likeness (QED) is 0.0147. The van der Waals surface area contributed by atoms with Crippen LogP contribution in [-0.2, 0) is 32.7 Å². The van der Waals surface area contributed by atoms with Crippen molar-refractivity contribution in [2.45, 2.75) is 236 Å². The van der Waals surface area contributed by atoms with E-state index in [0.29, 0.717) is 12.8 Å². The molecule has 0 aromatic carbocycles. The van der Waals surface area contributed by atoms with E-state index in [4.69, 9.17) is 18.5 Å². The van der Waals surface area contributed by atoms with E-state index in [-0.39, 0.29) is 12.8 Å². The number of rotatable bonds is 39. The van der Waals surface area contributed by atoms with Crippen molar-refractivity contribution in [2.75, 3.05) is 13.2 Å². The molecule has 8 atom stereocenters. The second-order valence-electron chi connectivity index (χ2n) is 16.7. The number of ether oxygens (including phenoxy) is 2. The Bertz CT molecular complexity index is 1210. The summed E-state index contributed by atoms with van der Waals surface area (Å²) in [6.45, 7) is 3.16. The van der Waals surface area contributed by atoms with E-state index in [0.717, 1.165) is 57.8 Å². The lowest BCUT2D eigenvalue weighted by Crippen LogP contribution is -2.64. The largest absolute Gasteiger partial charge is 0.472 e. The predicted octanol–water partition coefficient (Wildman–Crippen LogP) is 9.39. The van der Waals surface area contributed by atoms with E-state index in [1.54, 1.807) is 0 Å². The Balaban J connectivity index is 2.41. The smallest absolute Gasteiger partial charge is 0.462 e. The highest BCUT2D eigenvalue weighted by Crippen LogP contribution is 2.47. The van der Waals surface area contributed by atoms with Crippen molar-refractivity contribution in [3.05, 3.63) is 36.5 Å². The zero-order chi connectivity index (χ0) is 45.0. The number of aliphatic hydroxyl groups excluding tert-OH is 5. The molecule has 0 radical (unpaired) electrons. The van der Waals surface area contributed by atoms with Crippen molar-refractivity contribution in [3.8, 4) is 0 Å². The van der Waals surface area contributed by atoms with E-state index < -0.39 is 75.7 Å². The first kappa shape index (κ1) is 57.1. The molecule has 0 bridgehead atoms. The molecule has 0 saturated heterocycles. The number of carbonyl (C=O) groups excluding carboxylic acids is 2. The van der Waals surface area contributed by atoms with Gasteiger partial charge in [0.25, 0.3) is 0 Å². The minimum Gasteiger partial charge on any atom is -0.462 e. The molecule has 0 aromatic rings. The van der Waals surface area contributed by atoms with Gasteiger partial charge in [-0.25, -0.2) is 4.57 Å². The Morgan fingerprint density at radius 2 is 0.934 bits per heavy atom. The van der Waals surface area contributed by atoms with Crippen LogP contribution in [0.15, 0.2) is 36.5 Å². The summed E-state index contributed by atoms with van der Waals surface area (Å²) in [6, 6.07) is 0. The lowest BCUT2D eigenvalue weighted by atomic mass is 9.85. The fourth-order valence-corrected chi connectivity index (χ4v) is 8.20. The third-order valence-corrected chi connectivity index (χ3v) is 12.0. The van der Waals surface area contributed by atoms with Crippen LogP contribution in [0.1, 0.15) is 194 Å². The summed E-state index contributed by atoms with van der Waals surface area (Å²) in [5.41, 5.74) is 0. The lowest BCUT2D eigenvalue weighted by Gasteiger charge is -2.41. The maximum absolute atomic E-state index is 12.8. The number of carbonyl (C=O) groups is 2. The Hall–Kier alpha value is -1.93. The predicted molar refractivity (Wildman–Crippen MR) is 240 cm³/mol. The second kappa shape index (κ2) is 37.4. The number of hydrogen-bond donors (Lipinski definition) is 6. The SMILES string of the molecule is CC/C=C/C=C/C=C/CCCCCCCC(=O)OC(COC(=O)CCCCCCCCCCCCCCCCCCCCC)COP(=O)(O)OC1C(O)C(O)C(O)[C@H](O)C1O. The summed E-state index contributed by atoms with van der Waals surface area (Å²) in [6.07, 6.45) is 29.2. The van der Waals surface area contributed by atoms with Crippen LogP contribution < -0.4 is 0 Å². The van der Waals surface area contributed by atoms with Crippen molar-refractivity contribution >= 4 is 19.8 Å². The van der Waals surface area contributed by atoms with Gasteiger partial charge in [-0.2, -0.15) is 0 Å². The number of esters is 2.